The lowest BCUT2D eigenvalue weighted by molar-refractivity contribution is 0.0193. The maximum atomic E-state index is 10.3. The molecule has 158 valence electrons. The molecule has 0 aromatic rings. The van der Waals surface area contributed by atoms with E-state index in [1.54, 1.807) is 0 Å². The molecular weight excluding hydrogens is 348 g/mol. The minimum atomic E-state index is -0.622. The van der Waals surface area contributed by atoms with Crippen LogP contribution in [0.1, 0.15) is 79.1 Å². The molecule has 3 nitrogen and oxygen atoms in total. The van der Waals surface area contributed by atoms with Gasteiger partial charge < -0.3 is 15.3 Å². The summed E-state index contributed by atoms with van der Waals surface area (Å²) in [4.78, 5) is 0. The van der Waals surface area contributed by atoms with Crippen LogP contribution in [-0.2, 0) is 0 Å². The maximum Gasteiger partial charge on any atom is 0.0811 e. The highest BCUT2D eigenvalue weighted by atomic mass is 16.3. The second kappa shape index (κ2) is 8.08. The molecule has 0 bridgehead atoms. The lowest BCUT2D eigenvalue weighted by Crippen LogP contribution is -2.37. The molecule has 3 heteroatoms. The second-order valence-corrected chi connectivity index (χ2v) is 10.7. The molecule has 3 N–H and O–H groups in total. The Morgan fingerprint density at radius 3 is 2.64 bits per heavy atom. The average molecular weight is 389 g/mol. The summed E-state index contributed by atoms with van der Waals surface area (Å²) in [5.41, 5.74) is 3.01. The summed E-state index contributed by atoms with van der Waals surface area (Å²) in [6, 6.07) is 0. The molecule has 0 amide bonds. The Labute approximate surface area is 171 Å². The third kappa shape index (κ3) is 4.47. The molecule has 3 aliphatic carbocycles. The van der Waals surface area contributed by atoms with Crippen molar-refractivity contribution in [2.45, 2.75) is 96.9 Å². The van der Waals surface area contributed by atoms with Gasteiger partial charge in [0.2, 0.25) is 0 Å². The number of rotatable bonds is 4. The Hall–Kier alpha value is -0.900. The Morgan fingerprint density at radius 1 is 1.25 bits per heavy atom. The van der Waals surface area contributed by atoms with Gasteiger partial charge >= 0.3 is 0 Å². The summed E-state index contributed by atoms with van der Waals surface area (Å²) in [6.45, 7) is 12.7. The van der Waals surface area contributed by atoms with E-state index in [4.69, 9.17) is 0 Å². The second-order valence-electron chi connectivity index (χ2n) is 10.7. The van der Waals surface area contributed by atoms with E-state index >= 15 is 0 Å². The molecule has 6 atom stereocenters. The third-order valence-electron chi connectivity index (χ3n) is 7.81. The van der Waals surface area contributed by atoms with E-state index in [9.17, 15) is 15.3 Å². The summed E-state index contributed by atoms with van der Waals surface area (Å²) < 4.78 is 0. The van der Waals surface area contributed by atoms with Crippen molar-refractivity contribution in [3.05, 3.63) is 35.5 Å². The normalized spacial score (nSPS) is 40.8. The van der Waals surface area contributed by atoms with Crippen LogP contribution in [0.5, 0.6) is 0 Å². The first-order valence-electron chi connectivity index (χ1n) is 11.2. The van der Waals surface area contributed by atoms with Gasteiger partial charge in [0, 0.05) is 6.42 Å². The van der Waals surface area contributed by atoms with E-state index < -0.39 is 17.8 Å². The van der Waals surface area contributed by atoms with Gasteiger partial charge in [0.05, 0.1) is 17.8 Å². The van der Waals surface area contributed by atoms with Crippen LogP contribution in [0.4, 0.5) is 0 Å². The van der Waals surface area contributed by atoms with E-state index in [1.807, 2.05) is 13.8 Å². The van der Waals surface area contributed by atoms with Crippen molar-refractivity contribution in [3.8, 4) is 0 Å². The van der Waals surface area contributed by atoms with Gasteiger partial charge in [-0.15, -0.1) is 0 Å². The zero-order valence-electron chi connectivity index (χ0n) is 18.2. The van der Waals surface area contributed by atoms with Crippen LogP contribution in [0.15, 0.2) is 35.5 Å². The van der Waals surface area contributed by atoms with E-state index in [0.29, 0.717) is 36.0 Å². The lowest BCUT2D eigenvalue weighted by atomic mass is 9.60. The quantitative estimate of drug-likeness (QED) is 0.640. The fourth-order valence-electron chi connectivity index (χ4n) is 6.61. The molecule has 3 aliphatic rings. The Balaban J connectivity index is 1.79. The number of allylic oxidation sites excluding steroid dienone is 3. The van der Waals surface area contributed by atoms with E-state index in [0.717, 1.165) is 24.0 Å². The van der Waals surface area contributed by atoms with Crippen LogP contribution >= 0.6 is 0 Å². The standard InChI is InChI=1S/C25H40O3/c1-16(15-24(3,4)28)21-10-11-22-18(7-6-12-25(21,22)5)8-9-19-13-20(26)14-23(27)17(19)2/h8-9,16,20-23,26-28H,2,6-7,10-15H2,1,3-5H3. The summed E-state index contributed by atoms with van der Waals surface area (Å²) in [5.74, 6) is 1.80. The lowest BCUT2D eigenvalue weighted by Gasteiger charge is -2.45. The molecule has 0 aromatic carbocycles. The van der Waals surface area contributed by atoms with Crippen molar-refractivity contribution in [3.63, 3.8) is 0 Å². The molecule has 0 saturated heterocycles. The first-order valence-corrected chi connectivity index (χ1v) is 11.2. The Morgan fingerprint density at radius 2 is 1.96 bits per heavy atom. The highest BCUT2D eigenvalue weighted by Crippen LogP contribution is 2.60. The number of aliphatic hydroxyl groups excluding tert-OH is 2. The molecule has 0 radical (unpaired) electrons. The first kappa shape index (κ1) is 21.8. The van der Waals surface area contributed by atoms with Crippen molar-refractivity contribution in [2.24, 2.45) is 23.2 Å². The molecule has 3 rings (SSSR count). The fourth-order valence-corrected chi connectivity index (χ4v) is 6.61. The predicted octanol–water partition coefficient (Wildman–Crippen LogP) is 4.92. The van der Waals surface area contributed by atoms with Crippen LogP contribution < -0.4 is 0 Å². The molecule has 3 saturated carbocycles. The number of fused-ring (bicyclic) bond motifs is 1. The number of aliphatic hydroxyl groups is 3. The molecule has 3 fully saturated rings. The molecule has 6 unspecified atom stereocenters. The molecule has 0 aromatic heterocycles. The monoisotopic (exact) mass is 388 g/mol. The van der Waals surface area contributed by atoms with Crippen LogP contribution in [-0.4, -0.2) is 33.1 Å². The zero-order chi connectivity index (χ0) is 20.7. The SMILES string of the molecule is C=C1C(=CC=C2CCCC3(C)C2CCC3C(C)CC(C)(C)O)CC(O)CC1O. The molecule has 0 heterocycles. The summed E-state index contributed by atoms with van der Waals surface area (Å²) >= 11 is 0. The van der Waals surface area contributed by atoms with Crippen LogP contribution in [0, 0.1) is 23.2 Å². The fraction of sp³-hybridized carbons (Fsp3) is 0.760. The van der Waals surface area contributed by atoms with E-state index in [1.165, 1.54) is 31.3 Å². The highest BCUT2D eigenvalue weighted by Gasteiger charge is 2.51. The largest absolute Gasteiger partial charge is 0.393 e. The predicted molar refractivity (Wildman–Crippen MR) is 115 cm³/mol. The van der Waals surface area contributed by atoms with E-state index in [2.05, 4.69) is 32.6 Å². The first-order chi connectivity index (χ1) is 13.0. The summed E-state index contributed by atoms with van der Waals surface area (Å²) in [5, 5.41) is 30.4. The molecule has 0 aliphatic heterocycles. The molecular formula is C25H40O3. The summed E-state index contributed by atoms with van der Waals surface area (Å²) in [6.07, 6.45) is 11.3. The van der Waals surface area contributed by atoms with Gasteiger partial charge in [-0.2, -0.15) is 0 Å². The Kier molecular flexibility index (Phi) is 6.29. The van der Waals surface area contributed by atoms with Crippen LogP contribution in [0.2, 0.25) is 0 Å². The van der Waals surface area contributed by atoms with E-state index in [-0.39, 0.29) is 0 Å². The number of hydrogen-bond acceptors (Lipinski definition) is 3. The zero-order valence-corrected chi connectivity index (χ0v) is 18.2. The van der Waals surface area contributed by atoms with Crippen LogP contribution in [0.25, 0.3) is 0 Å². The van der Waals surface area contributed by atoms with Crippen molar-refractivity contribution < 1.29 is 15.3 Å². The van der Waals surface area contributed by atoms with Crippen LogP contribution in [0.3, 0.4) is 0 Å². The van der Waals surface area contributed by atoms with Gasteiger partial charge in [-0.1, -0.05) is 38.2 Å². The van der Waals surface area contributed by atoms with Crippen molar-refractivity contribution in [1.82, 2.24) is 0 Å². The summed E-state index contributed by atoms with van der Waals surface area (Å²) in [7, 11) is 0. The maximum absolute atomic E-state index is 10.3. The molecule has 28 heavy (non-hydrogen) atoms. The van der Waals surface area contributed by atoms with Crippen molar-refractivity contribution in [2.75, 3.05) is 0 Å². The van der Waals surface area contributed by atoms with Gasteiger partial charge in [0.15, 0.2) is 0 Å². The van der Waals surface area contributed by atoms with Gasteiger partial charge in [-0.3, -0.25) is 0 Å². The van der Waals surface area contributed by atoms with Crippen molar-refractivity contribution >= 4 is 0 Å². The third-order valence-corrected chi connectivity index (χ3v) is 7.81. The van der Waals surface area contributed by atoms with Crippen molar-refractivity contribution in [1.29, 1.82) is 0 Å². The Bertz CT molecular complexity index is 653. The van der Waals surface area contributed by atoms with Gasteiger partial charge in [0.1, 0.15) is 0 Å². The minimum absolute atomic E-state index is 0.315. The number of hydrogen-bond donors (Lipinski definition) is 3. The average Bonchev–Trinajstić information content (AvgIpc) is 2.93. The van der Waals surface area contributed by atoms with Gasteiger partial charge in [-0.05, 0) is 93.1 Å². The highest BCUT2D eigenvalue weighted by molar-refractivity contribution is 5.38. The molecule has 0 spiro atoms. The van der Waals surface area contributed by atoms with Gasteiger partial charge in [-0.25, -0.2) is 0 Å². The topological polar surface area (TPSA) is 60.7 Å². The van der Waals surface area contributed by atoms with Gasteiger partial charge in [0.25, 0.3) is 0 Å². The smallest absolute Gasteiger partial charge is 0.0811 e. The minimum Gasteiger partial charge on any atom is -0.393 e.